The Kier molecular flexibility index (Phi) is 6.62. The molecule has 0 aliphatic carbocycles. The van der Waals surface area contributed by atoms with Crippen molar-refractivity contribution in [3.8, 4) is 0 Å². The monoisotopic (exact) mass is 427 g/mol. The van der Waals surface area contributed by atoms with E-state index in [1.807, 2.05) is 11.6 Å². The molecule has 0 radical (unpaired) electrons. The summed E-state index contributed by atoms with van der Waals surface area (Å²) in [6, 6.07) is 6.48. The molecule has 31 heavy (non-hydrogen) atoms. The van der Waals surface area contributed by atoms with Crippen molar-refractivity contribution in [3.05, 3.63) is 35.8 Å². The number of nitrogens with one attached hydrogen (secondary N) is 1. The second-order valence-corrected chi connectivity index (χ2v) is 7.75. The van der Waals surface area contributed by atoms with Gasteiger partial charge in [-0.25, -0.2) is 9.37 Å². The number of aromatic nitrogens is 4. The van der Waals surface area contributed by atoms with Gasteiger partial charge in [0.2, 0.25) is 5.95 Å². The summed E-state index contributed by atoms with van der Waals surface area (Å²) in [5.74, 6) is 1.05. The molecule has 1 aliphatic rings. The van der Waals surface area contributed by atoms with Gasteiger partial charge in [0, 0.05) is 31.4 Å². The zero-order chi connectivity index (χ0) is 21.8. The van der Waals surface area contributed by atoms with E-state index in [9.17, 15) is 4.39 Å². The van der Waals surface area contributed by atoms with Crippen molar-refractivity contribution in [2.75, 3.05) is 36.5 Å². The van der Waals surface area contributed by atoms with Gasteiger partial charge in [0.15, 0.2) is 5.82 Å². The molecular formula is C22H30FN7O. The maximum absolute atomic E-state index is 13.4. The van der Waals surface area contributed by atoms with Gasteiger partial charge in [-0.1, -0.05) is 6.92 Å². The van der Waals surface area contributed by atoms with Crippen LogP contribution in [0.4, 0.5) is 21.8 Å². The predicted octanol–water partition coefficient (Wildman–Crippen LogP) is 3.24. The van der Waals surface area contributed by atoms with Gasteiger partial charge < -0.3 is 20.7 Å². The highest BCUT2D eigenvalue weighted by molar-refractivity contribution is 5.90. The number of fused-ring (bicyclic) bond motifs is 1. The topological polar surface area (TPSA) is 94.1 Å². The van der Waals surface area contributed by atoms with E-state index in [-0.39, 0.29) is 11.9 Å². The normalized spacial score (nSPS) is 15.0. The van der Waals surface area contributed by atoms with Gasteiger partial charge in [0.1, 0.15) is 16.9 Å². The number of nitrogens with zero attached hydrogens (tertiary/aromatic N) is 5. The van der Waals surface area contributed by atoms with Crippen LogP contribution in [0.15, 0.2) is 24.3 Å². The summed E-state index contributed by atoms with van der Waals surface area (Å²) in [5, 5.41) is 8.15. The molecule has 1 aromatic carbocycles. The lowest BCUT2D eigenvalue weighted by atomic mass is 10.1. The molecule has 1 fully saturated rings. The van der Waals surface area contributed by atoms with E-state index in [1.165, 1.54) is 12.1 Å². The first-order chi connectivity index (χ1) is 15.1. The maximum atomic E-state index is 13.4. The molecule has 0 saturated carbocycles. The molecule has 8 nitrogen and oxygen atoms in total. The van der Waals surface area contributed by atoms with Gasteiger partial charge in [0.05, 0.1) is 18.8 Å². The van der Waals surface area contributed by atoms with Crippen molar-refractivity contribution < 1.29 is 9.13 Å². The third kappa shape index (κ3) is 4.77. The number of aryl methyl sites for hydroxylation is 1. The van der Waals surface area contributed by atoms with Crippen LogP contribution in [-0.4, -0.2) is 52.1 Å². The third-order valence-corrected chi connectivity index (χ3v) is 5.56. The Balaban J connectivity index is 1.78. The first-order valence-corrected chi connectivity index (χ1v) is 11.0. The van der Waals surface area contributed by atoms with Crippen LogP contribution in [0.25, 0.3) is 11.0 Å². The zero-order valence-electron chi connectivity index (χ0n) is 18.1. The Morgan fingerprint density at radius 2 is 1.90 bits per heavy atom. The van der Waals surface area contributed by atoms with Gasteiger partial charge in [-0.15, -0.1) is 0 Å². The molecule has 0 bridgehead atoms. The van der Waals surface area contributed by atoms with Crippen molar-refractivity contribution in [2.24, 2.45) is 5.73 Å². The van der Waals surface area contributed by atoms with Crippen LogP contribution in [0.5, 0.6) is 0 Å². The number of ether oxygens (including phenoxy) is 1. The highest BCUT2D eigenvalue weighted by atomic mass is 19.1. The summed E-state index contributed by atoms with van der Waals surface area (Å²) in [5.41, 5.74) is 9.43. The van der Waals surface area contributed by atoms with Crippen LogP contribution in [0, 0.1) is 5.82 Å². The Morgan fingerprint density at radius 3 is 2.58 bits per heavy atom. The highest BCUT2D eigenvalue weighted by Crippen LogP contribution is 2.30. The summed E-state index contributed by atoms with van der Waals surface area (Å²) >= 11 is 0. The number of hydrogen-bond acceptors (Lipinski definition) is 7. The minimum Gasteiger partial charge on any atom is -0.380 e. The summed E-state index contributed by atoms with van der Waals surface area (Å²) < 4.78 is 20.9. The van der Waals surface area contributed by atoms with Crippen molar-refractivity contribution in [2.45, 2.75) is 45.7 Å². The van der Waals surface area contributed by atoms with Crippen molar-refractivity contribution in [1.29, 1.82) is 0 Å². The molecule has 9 heteroatoms. The number of halogens is 1. The van der Waals surface area contributed by atoms with Gasteiger partial charge in [-0.2, -0.15) is 10.1 Å². The SMILES string of the molecule is CCOCCn1nc(CC)c2nc(N3CCC(N)CC3)nc(Nc3ccc(F)cc3)c21. The van der Waals surface area contributed by atoms with E-state index in [1.54, 1.807) is 12.1 Å². The van der Waals surface area contributed by atoms with Crippen LogP contribution in [0.1, 0.15) is 32.4 Å². The number of benzene rings is 1. The first kappa shape index (κ1) is 21.5. The Hall–Kier alpha value is -2.78. The second kappa shape index (κ2) is 9.57. The molecule has 2 aromatic heterocycles. The van der Waals surface area contributed by atoms with E-state index in [0.717, 1.165) is 54.8 Å². The summed E-state index contributed by atoms with van der Waals surface area (Å²) in [6.07, 6.45) is 2.59. The average Bonchev–Trinajstić information content (AvgIpc) is 3.14. The van der Waals surface area contributed by atoms with Gasteiger partial charge in [-0.05, 0) is 50.5 Å². The maximum Gasteiger partial charge on any atom is 0.228 e. The van der Waals surface area contributed by atoms with Gasteiger partial charge >= 0.3 is 0 Å². The Labute approximate surface area is 181 Å². The van der Waals surface area contributed by atoms with E-state index in [2.05, 4.69) is 17.1 Å². The fraction of sp³-hybridized carbons (Fsp3) is 0.500. The molecule has 4 rings (SSSR count). The zero-order valence-corrected chi connectivity index (χ0v) is 18.1. The first-order valence-electron chi connectivity index (χ1n) is 11.0. The van der Waals surface area contributed by atoms with Crippen LogP contribution in [0.3, 0.4) is 0 Å². The van der Waals surface area contributed by atoms with Gasteiger partial charge in [-0.3, -0.25) is 4.68 Å². The Morgan fingerprint density at radius 1 is 1.16 bits per heavy atom. The summed E-state index contributed by atoms with van der Waals surface area (Å²) in [4.78, 5) is 12.0. The molecule has 3 heterocycles. The lowest BCUT2D eigenvalue weighted by Gasteiger charge is -2.30. The van der Waals surface area contributed by atoms with Crippen LogP contribution < -0.4 is 16.0 Å². The minimum atomic E-state index is -0.279. The molecule has 166 valence electrons. The van der Waals surface area contributed by atoms with E-state index < -0.39 is 0 Å². The number of piperidine rings is 1. The quantitative estimate of drug-likeness (QED) is 0.533. The smallest absolute Gasteiger partial charge is 0.228 e. The predicted molar refractivity (Wildman–Crippen MR) is 120 cm³/mol. The highest BCUT2D eigenvalue weighted by Gasteiger charge is 2.23. The molecule has 3 N–H and O–H groups in total. The fourth-order valence-electron chi connectivity index (χ4n) is 3.83. The molecule has 0 unspecified atom stereocenters. The van der Waals surface area contributed by atoms with Crippen LogP contribution in [0.2, 0.25) is 0 Å². The molecule has 0 spiro atoms. The van der Waals surface area contributed by atoms with Crippen LogP contribution >= 0.6 is 0 Å². The number of hydrogen-bond donors (Lipinski definition) is 2. The lowest BCUT2D eigenvalue weighted by molar-refractivity contribution is 0.137. The van der Waals surface area contributed by atoms with E-state index in [0.29, 0.717) is 31.5 Å². The molecule has 1 aliphatic heterocycles. The summed E-state index contributed by atoms with van der Waals surface area (Å²) in [6.45, 7) is 7.49. The van der Waals surface area contributed by atoms with E-state index in [4.69, 9.17) is 25.5 Å². The Bertz CT molecular complexity index is 1010. The number of anilines is 3. The fourth-order valence-corrected chi connectivity index (χ4v) is 3.83. The third-order valence-electron chi connectivity index (χ3n) is 5.56. The lowest BCUT2D eigenvalue weighted by Crippen LogP contribution is -2.40. The largest absolute Gasteiger partial charge is 0.380 e. The van der Waals surface area contributed by atoms with Crippen molar-refractivity contribution in [3.63, 3.8) is 0 Å². The molecule has 3 aromatic rings. The average molecular weight is 428 g/mol. The molecule has 0 amide bonds. The minimum absolute atomic E-state index is 0.226. The molecule has 1 saturated heterocycles. The van der Waals surface area contributed by atoms with Crippen molar-refractivity contribution >= 4 is 28.5 Å². The summed E-state index contributed by atoms with van der Waals surface area (Å²) in [7, 11) is 0. The number of nitrogens with two attached hydrogens (primary N) is 1. The van der Waals surface area contributed by atoms with Gasteiger partial charge in [0.25, 0.3) is 0 Å². The number of rotatable bonds is 8. The van der Waals surface area contributed by atoms with E-state index >= 15 is 0 Å². The molecule has 0 atom stereocenters. The molecular weight excluding hydrogens is 397 g/mol. The van der Waals surface area contributed by atoms with Crippen LogP contribution in [-0.2, 0) is 17.7 Å². The van der Waals surface area contributed by atoms with Crippen molar-refractivity contribution in [1.82, 2.24) is 19.7 Å². The second-order valence-electron chi connectivity index (χ2n) is 7.75. The standard InChI is InChI=1S/C22H30FN7O/c1-3-18-19-20(30(28-18)13-14-31-4-2)21(25-17-7-5-15(23)6-8-17)27-22(26-19)29-11-9-16(24)10-12-29/h5-8,16H,3-4,9-14,24H2,1-2H3,(H,25,26,27).